The SMILES string of the molecule is O=C(NC(=S)Nc1cccc(OCc2ccccc2)c1)c1ccccc1OCCOc1ccccc1. The summed E-state index contributed by atoms with van der Waals surface area (Å²) >= 11 is 5.36. The Balaban J connectivity index is 1.28. The fourth-order valence-electron chi connectivity index (χ4n) is 3.35. The number of hydrogen-bond acceptors (Lipinski definition) is 5. The molecule has 36 heavy (non-hydrogen) atoms. The highest BCUT2D eigenvalue weighted by atomic mass is 32.1. The minimum atomic E-state index is -0.372. The lowest BCUT2D eigenvalue weighted by Gasteiger charge is -2.14. The summed E-state index contributed by atoms with van der Waals surface area (Å²) in [4.78, 5) is 12.9. The van der Waals surface area contributed by atoms with Crippen LogP contribution in [0.4, 0.5) is 5.69 Å². The van der Waals surface area contributed by atoms with Gasteiger partial charge in [0.2, 0.25) is 0 Å². The van der Waals surface area contributed by atoms with E-state index in [4.69, 9.17) is 26.4 Å². The zero-order valence-electron chi connectivity index (χ0n) is 19.6. The van der Waals surface area contributed by atoms with Crippen molar-refractivity contribution in [2.75, 3.05) is 18.5 Å². The van der Waals surface area contributed by atoms with E-state index in [9.17, 15) is 4.79 Å². The first kappa shape index (κ1) is 24.8. The maximum atomic E-state index is 12.9. The van der Waals surface area contributed by atoms with E-state index in [0.29, 0.717) is 36.0 Å². The Kier molecular flexibility index (Phi) is 8.89. The van der Waals surface area contributed by atoms with E-state index in [2.05, 4.69) is 10.6 Å². The van der Waals surface area contributed by atoms with E-state index in [-0.39, 0.29) is 17.6 Å². The van der Waals surface area contributed by atoms with Crippen LogP contribution in [0, 0.1) is 0 Å². The Morgan fingerprint density at radius 2 is 1.36 bits per heavy atom. The molecule has 0 saturated carbocycles. The summed E-state index contributed by atoms with van der Waals surface area (Å²) in [6, 6.07) is 33.8. The van der Waals surface area contributed by atoms with Crippen LogP contribution < -0.4 is 24.8 Å². The van der Waals surface area contributed by atoms with Gasteiger partial charge in [0.05, 0.1) is 5.56 Å². The smallest absolute Gasteiger partial charge is 0.261 e. The summed E-state index contributed by atoms with van der Waals surface area (Å²) in [5.41, 5.74) is 2.15. The van der Waals surface area contributed by atoms with Crippen molar-refractivity contribution in [3.8, 4) is 17.2 Å². The van der Waals surface area contributed by atoms with Crippen molar-refractivity contribution < 1.29 is 19.0 Å². The van der Waals surface area contributed by atoms with Crippen molar-refractivity contribution in [2.24, 2.45) is 0 Å². The zero-order valence-corrected chi connectivity index (χ0v) is 20.4. The van der Waals surface area contributed by atoms with Gasteiger partial charge in [-0.2, -0.15) is 0 Å². The van der Waals surface area contributed by atoms with Gasteiger partial charge in [0, 0.05) is 11.8 Å². The summed E-state index contributed by atoms with van der Waals surface area (Å²) in [7, 11) is 0. The average Bonchev–Trinajstić information content (AvgIpc) is 2.91. The lowest BCUT2D eigenvalue weighted by Crippen LogP contribution is -2.34. The molecule has 0 aliphatic carbocycles. The summed E-state index contributed by atoms with van der Waals surface area (Å²) in [6.07, 6.45) is 0. The van der Waals surface area contributed by atoms with Crippen LogP contribution in [-0.2, 0) is 6.61 Å². The first-order valence-electron chi connectivity index (χ1n) is 11.5. The highest BCUT2D eigenvalue weighted by molar-refractivity contribution is 7.80. The van der Waals surface area contributed by atoms with Gasteiger partial charge in [-0.25, -0.2) is 0 Å². The molecule has 0 unspecified atom stereocenters. The lowest BCUT2D eigenvalue weighted by atomic mass is 10.2. The number of carbonyl (C=O) groups is 1. The second-order valence-corrected chi connectivity index (χ2v) is 8.12. The third-order valence-electron chi connectivity index (χ3n) is 5.05. The first-order valence-corrected chi connectivity index (χ1v) is 11.9. The molecule has 4 aromatic carbocycles. The van der Waals surface area contributed by atoms with E-state index in [1.165, 1.54) is 0 Å². The number of anilines is 1. The highest BCUT2D eigenvalue weighted by Crippen LogP contribution is 2.20. The lowest BCUT2D eigenvalue weighted by molar-refractivity contribution is 0.0972. The monoisotopic (exact) mass is 498 g/mol. The van der Waals surface area contributed by atoms with E-state index in [1.807, 2.05) is 91.0 Å². The topological polar surface area (TPSA) is 68.8 Å². The van der Waals surface area contributed by atoms with E-state index in [1.54, 1.807) is 18.2 Å². The number of carbonyl (C=O) groups excluding carboxylic acids is 1. The molecule has 6 nitrogen and oxygen atoms in total. The van der Waals surface area contributed by atoms with Crippen LogP contribution in [0.3, 0.4) is 0 Å². The van der Waals surface area contributed by atoms with Crippen LogP contribution in [0.2, 0.25) is 0 Å². The van der Waals surface area contributed by atoms with Crippen LogP contribution in [0.5, 0.6) is 17.2 Å². The van der Waals surface area contributed by atoms with Crippen molar-refractivity contribution in [2.45, 2.75) is 6.61 Å². The molecule has 0 saturated heterocycles. The molecule has 4 rings (SSSR count). The van der Waals surface area contributed by atoms with Crippen LogP contribution in [0.15, 0.2) is 109 Å². The molecule has 1 amide bonds. The molecule has 0 aromatic heterocycles. The van der Waals surface area contributed by atoms with Crippen molar-refractivity contribution >= 4 is 28.9 Å². The van der Waals surface area contributed by atoms with Crippen LogP contribution in [0.1, 0.15) is 15.9 Å². The number of rotatable bonds is 10. The number of hydrogen-bond donors (Lipinski definition) is 2. The molecule has 0 heterocycles. The van der Waals surface area contributed by atoms with Gasteiger partial charge in [0.15, 0.2) is 5.11 Å². The van der Waals surface area contributed by atoms with E-state index < -0.39 is 0 Å². The normalized spacial score (nSPS) is 10.2. The molecule has 2 N–H and O–H groups in total. The molecule has 7 heteroatoms. The molecule has 4 aromatic rings. The van der Waals surface area contributed by atoms with Crippen molar-refractivity contribution in [3.05, 3.63) is 120 Å². The van der Waals surface area contributed by atoms with Crippen molar-refractivity contribution in [1.29, 1.82) is 0 Å². The fraction of sp³-hybridized carbons (Fsp3) is 0.103. The van der Waals surface area contributed by atoms with Gasteiger partial charge in [-0.05, 0) is 54.2 Å². The van der Waals surface area contributed by atoms with Gasteiger partial charge in [0.1, 0.15) is 37.1 Å². The summed E-state index contributed by atoms with van der Waals surface area (Å²) < 4.78 is 17.3. The number of thiocarbonyl (C=S) groups is 1. The molecule has 0 atom stereocenters. The first-order chi connectivity index (χ1) is 17.7. The average molecular weight is 499 g/mol. The molecule has 0 fully saturated rings. The summed E-state index contributed by atoms with van der Waals surface area (Å²) in [6.45, 7) is 1.10. The number of ether oxygens (including phenoxy) is 3. The molecular formula is C29H26N2O4S. The third kappa shape index (κ3) is 7.58. The van der Waals surface area contributed by atoms with Crippen LogP contribution >= 0.6 is 12.2 Å². The standard InChI is InChI=1S/C29H26N2O4S/c32-28(26-16-7-8-17-27(26)34-19-18-33-24-13-5-2-6-14-24)31-29(36)30-23-12-9-15-25(20-23)35-21-22-10-3-1-4-11-22/h1-17,20H,18-19,21H2,(H2,30,31,32,36). The maximum Gasteiger partial charge on any atom is 0.261 e. The Morgan fingerprint density at radius 1 is 0.694 bits per heavy atom. The maximum absolute atomic E-state index is 12.9. The van der Waals surface area contributed by atoms with Gasteiger partial charge < -0.3 is 19.5 Å². The summed E-state index contributed by atoms with van der Waals surface area (Å²) in [5.74, 6) is 1.53. The highest BCUT2D eigenvalue weighted by Gasteiger charge is 2.14. The Bertz CT molecular complexity index is 1280. The number of benzene rings is 4. The van der Waals surface area contributed by atoms with Gasteiger partial charge in [-0.1, -0.05) is 66.7 Å². The predicted octanol–water partition coefficient (Wildman–Crippen LogP) is 5.85. The number of para-hydroxylation sites is 2. The van der Waals surface area contributed by atoms with Crippen LogP contribution in [-0.4, -0.2) is 24.2 Å². The Hall–Kier alpha value is -4.36. The molecular weight excluding hydrogens is 472 g/mol. The third-order valence-corrected chi connectivity index (χ3v) is 5.26. The van der Waals surface area contributed by atoms with Gasteiger partial charge in [-0.3, -0.25) is 10.1 Å². The quantitative estimate of drug-likeness (QED) is 0.211. The largest absolute Gasteiger partial charge is 0.490 e. The fourth-order valence-corrected chi connectivity index (χ4v) is 3.56. The minimum Gasteiger partial charge on any atom is -0.490 e. The minimum absolute atomic E-state index is 0.169. The van der Waals surface area contributed by atoms with Gasteiger partial charge >= 0.3 is 0 Å². The second-order valence-electron chi connectivity index (χ2n) is 7.72. The molecule has 0 bridgehead atoms. The van der Waals surface area contributed by atoms with Gasteiger partial charge in [0.25, 0.3) is 5.91 Å². The van der Waals surface area contributed by atoms with Crippen molar-refractivity contribution in [3.63, 3.8) is 0 Å². The Labute approximate surface area is 215 Å². The van der Waals surface area contributed by atoms with E-state index >= 15 is 0 Å². The van der Waals surface area contributed by atoms with Crippen LogP contribution in [0.25, 0.3) is 0 Å². The molecule has 182 valence electrons. The number of nitrogens with one attached hydrogen (secondary N) is 2. The number of amides is 1. The molecule has 0 aliphatic rings. The Morgan fingerprint density at radius 3 is 2.17 bits per heavy atom. The second kappa shape index (κ2) is 12.9. The summed E-state index contributed by atoms with van der Waals surface area (Å²) in [5, 5.41) is 5.91. The molecule has 0 aliphatic heterocycles. The zero-order chi connectivity index (χ0) is 25.0. The van der Waals surface area contributed by atoms with Gasteiger partial charge in [-0.15, -0.1) is 0 Å². The van der Waals surface area contributed by atoms with Crippen molar-refractivity contribution in [1.82, 2.24) is 5.32 Å². The molecule has 0 spiro atoms. The molecule has 0 radical (unpaired) electrons. The van der Waals surface area contributed by atoms with E-state index in [0.717, 1.165) is 11.3 Å². The predicted molar refractivity (Wildman–Crippen MR) is 145 cm³/mol.